The summed E-state index contributed by atoms with van der Waals surface area (Å²) >= 11 is 1.65. The van der Waals surface area contributed by atoms with E-state index < -0.39 is 0 Å². The van der Waals surface area contributed by atoms with E-state index in [0.717, 1.165) is 0 Å². The van der Waals surface area contributed by atoms with Gasteiger partial charge in [-0.05, 0) is 11.4 Å². The van der Waals surface area contributed by atoms with Gasteiger partial charge in [0.1, 0.15) is 5.82 Å². The molecule has 0 fully saturated rings. The number of nitrogens with one attached hydrogen (secondary N) is 2. The first-order valence-electron chi connectivity index (χ1n) is 8.03. The maximum atomic E-state index is 12.0. The number of hydrogen-bond acceptors (Lipinski definition) is 6. The van der Waals surface area contributed by atoms with Gasteiger partial charge in [0.2, 0.25) is 5.89 Å². The van der Waals surface area contributed by atoms with E-state index in [1.54, 1.807) is 28.3 Å². The maximum absolute atomic E-state index is 12.0. The number of amides is 2. The van der Waals surface area contributed by atoms with Gasteiger partial charge in [-0.15, -0.1) is 11.3 Å². The number of thiophene rings is 1. The van der Waals surface area contributed by atoms with Gasteiger partial charge in [-0.3, -0.25) is 5.32 Å². The van der Waals surface area contributed by atoms with E-state index >= 15 is 0 Å². The normalized spacial score (nSPS) is 11.0. The van der Waals surface area contributed by atoms with Gasteiger partial charge in [0.05, 0.1) is 12.7 Å². The molecule has 0 spiro atoms. The Balaban J connectivity index is 1.47. The molecule has 3 heterocycles. The average molecular weight is 360 g/mol. The molecule has 0 radical (unpaired) electrons. The van der Waals surface area contributed by atoms with E-state index in [1.165, 1.54) is 4.88 Å². The number of carbonyl (C=O) groups excluding carboxylic acids is 1. The van der Waals surface area contributed by atoms with Crippen molar-refractivity contribution >= 4 is 23.2 Å². The van der Waals surface area contributed by atoms with Gasteiger partial charge >= 0.3 is 6.03 Å². The number of aromatic nitrogens is 4. The van der Waals surface area contributed by atoms with E-state index in [0.29, 0.717) is 37.0 Å². The van der Waals surface area contributed by atoms with Crippen molar-refractivity contribution < 1.29 is 9.32 Å². The molecule has 2 amide bonds. The molecule has 0 unspecified atom stereocenters. The Morgan fingerprint density at radius 3 is 3.00 bits per heavy atom. The fourth-order valence-corrected chi connectivity index (χ4v) is 2.85. The van der Waals surface area contributed by atoms with Crippen LogP contribution in [0.3, 0.4) is 0 Å². The predicted octanol–water partition coefficient (Wildman–Crippen LogP) is 2.86. The molecular formula is C16H20N6O2S. The standard InChI is InChI=1S/C16H20N6O2S/c1-11(2)15-19-13(21-24-15)5-7-17-16(23)20-14-6-8-18-22(14)10-12-4-3-9-25-12/h3-4,6,8-9,11H,5,7,10H2,1-2H3,(H2,17,20,23). The Hall–Kier alpha value is -2.68. The van der Waals surface area contributed by atoms with Gasteiger partial charge in [-0.25, -0.2) is 9.48 Å². The summed E-state index contributed by atoms with van der Waals surface area (Å²) in [5.74, 6) is 2.04. The first kappa shape index (κ1) is 17.2. The molecule has 3 aromatic heterocycles. The third-order valence-electron chi connectivity index (χ3n) is 3.46. The minimum absolute atomic E-state index is 0.196. The topological polar surface area (TPSA) is 97.9 Å². The van der Waals surface area contributed by atoms with Crippen molar-refractivity contribution in [2.75, 3.05) is 11.9 Å². The highest BCUT2D eigenvalue weighted by atomic mass is 32.1. The molecule has 132 valence electrons. The van der Waals surface area contributed by atoms with Crippen LogP contribution in [0.1, 0.15) is 36.4 Å². The summed E-state index contributed by atoms with van der Waals surface area (Å²) in [6.45, 7) is 5.02. The second kappa shape index (κ2) is 7.93. The lowest BCUT2D eigenvalue weighted by molar-refractivity contribution is 0.252. The third kappa shape index (κ3) is 4.66. The Labute approximate surface area is 149 Å². The highest BCUT2D eigenvalue weighted by molar-refractivity contribution is 7.09. The molecule has 2 N–H and O–H groups in total. The van der Waals surface area contributed by atoms with Crippen molar-refractivity contribution in [2.45, 2.75) is 32.7 Å². The lowest BCUT2D eigenvalue weighted by Gasteiger charge is -2.09. The summed E-state index contributed by atoms with van der Waals surface area (Å²) in [6, 6.07) is 5.50. The summed E-state index contributed by atoms with van der Waals surface area (Å²) in [7, 11) is 0. The maximum Gasteiger partial charge on any atom is 0.320 e. The number of rotatable bonds is 7. The molecule has 0 aliphatic carbocycles. The van der Waals surface area contributed by atoms with Crippen LogP contribution in [0, 0.1) is 0 Å². The summed E-state index contributed by atoms with van der Waals surface area (Å²) in [4.78, 5) is 17.5. The van der Waals surface area contributed by atoms with Gasteiger partial charge < -0.3 is 9.84 Å². The summed E-state index contributed by atoms with van der Waals surface area (Å²) in [6.07, 6.45) is 2.17. The van der Waals surface area contributed by atoms with Gasteiger partial charge in [0.25, 0.3) is 0 Å². The second-order valence-corrected chi connectivity index (χ2v) is 6.82. The molecule has 3 rings (SSSR count). The van der Waals surface area contributed by atoms with Gasteiger partial charge in [0.15, 0.2) is 5.82 Å². The smallest absolute Gasteiger partial charge is 0.320 e. The number of anilines is 1. The van der Waals surface area contributed by atoms with Crippen LogP contribution >= 0.6 is 11.3 Å². The zero-order chi connectivity index (χ0) is 17.6. The molecule has 9 heteroatoms. The van der Waals surface area contributed by atoms with E-state index in [9.17, 15) is 4.79 Å². The van der Waals surface area contributed by atoms with E-state index in [-0.39, 0.29) is 11.9 Å². The van der Waals surface area contributed by atoms with Crippen molar-refractivity contribution in [3.63, 3.8) is 0 Å². The molecule has 25 heavy (non-hydrogen) atoms. The minimum Gasteiger partial charge on any atom is -0.339 e. The summed E-state index contributed by atoms with van der Waals surface area (Å²) in [5, 5.41) is 15.7. The number of urea groups is 1. The molecule has 0 saturated carbocycles. The fraction of sp³-hybridized carbons (Fsp3) is 0.375. The van der Waals surface area contributed by atoms with Gasteiger partial charge in [-0.2, -0.15) is 10.1 Å². The minimum atomic E-state index is -0.291. The van der Waals surface area contributed by atoms with E-state index in [2.05, 4.69) is 25.9 Å². The Morgan fingerprint density at radius 1 is 1.40 bits per heavy atom. The Bertz CT molecular complexity index is 808. The van der Waals surface area contributed by atoms with Gasteiger partial charge in [0, 0.05) is 29.8 Å². The largest absolute Gasteiger partial charge is 0.339 e. The first-order chi connectivity index (χ1) is 12.1. The number of carbonyl (C=O) groups is 1. The van der Waals surface area contributed by atoms with Crippen LogP contribution in [0.15, 0.2) is 34.3 Å². The lowest BCUT2D eigenvalue weighted by Crippen LogP contribution is -2.31. The average Bonchev–Trinajstić information content (AvgIpc) is 3.31. The Morgan fingerprint density at radius 2 is 2.28 bits per heavy atom. The SMILES string of the molecule is CC(C)c1nc(CCNC(=O)Nc2ccnn2Cc2cccs2)no1. The van der Waals surface area contributed by atoms with Crippen LogP contribution in [-0.2, 0) is 13.0 Å². The number of hydrogen-bond donors (Lipinski definition) is 2. The summed E-state index contributed by atoms with van der Waals surface area (Å²) in [5.41, 5.74) is 0. The molecule has 0 aliphatic heterocycles. The van der Waals surface area contributed by atoms with E-state index in [1.807, 2.05) is 31.4 Å². The van der Waals surface area contributed by atoms with Crippen LogP contribution < -0.4 is 10.6 Å². The zero-order valence-electron chi connectivity index (χ0n) is 14.1. The zero-order valence-corrected chi connectivity index (χ0v) is 14.9. The quantitative estimate of drug-likeness (QED) is 0.675. The highest BCUT2D eigenvalue weighted by Gasteiger charge is 2.11. The van der Waals surface area contributed by atoms with Crippen molar-refractivity contribution in [3.8, 4) is 0 Å². The van der Waals surface area contributed by atoms with Crippen LogP contribution in [-0.4, -0.2) is 32.5 Å². The van der Waals surface area contributed by atoms with Crippen LogP contribution in [0.2, 0.25) is 0 Å². The third-order valence-corrected chi connectivity index (χ3v) is 4.32. The van der Waals surface area contributed by atoms with Crippen molar-refractivity contribution in [1.29, 1.82) is 0 Å². The molecule has 0 saturated heterocycles. The molecular weight excluding hydrogens is 340 g/mol. The van der Waals surface area contributed by atoms with Crippen molar-refractivity contribution in [1.82, 2.24) is 25.2 Å². The molecule has 8 nitrogen and oxygen atoms in total. The highest BCUT2D eigenvalue weighted by Crippen LogP contribution is 2.14. The molecule has 0 aromatic carbocycles. The van der Waals surface area contributed by atoms with Crippen LogP contribution in [0.5, 0.6) is 0 Å². The number of nitrogens with zero attached hydrogens (tertiary/aromatic N) is 4. The Kier molecular flexibility index (Phi) is 5.44. The monoisotopic (exact) mass is 360 g/mol. The predicted molar refractivity (Wildman–Crippen MR) is 94.8 cm³/mol. The fourth-order valence-electron chi connectivity index (χ4n) is 2.17. The molecule has 3 aromatic rings. The van der Waals surface area contributed by atoms with Gasteiger partial charge in [-0.1, -0.05) is 25.1 Å². The second-order valence-electron chi connectivity index (χ2n) is 5.79. The van der Waals surface area contributed by atoms with Crippen molar-refractivity contribution in [3.05, 3.63) is 46.4 Å². The molecule has 0 bridgehead atoms. The molecule has 0 aliphatic rings. The lowest BCUT2D eigenvalue weighted by atomic mass is 10.2. The van der Waals surface area contributed by atoms with Crippen LogP contribution in [0.4, 0.5) is 10.6 Å². The summed E-state index contributed by atoms with van der Waals surface area (Å²) < 4.78 is 6.88. The first-order valence-corrected chi connectivity index (χ1v) is 8.91. The van der Waals surface area contributed by atoms with Crippen molar-refractivity contribution in [2.24, 2.45) is 0 Å². The van der Waals surface area contributed by atoms with E-state index in [4.69, 9.17) is 4.52 Å². The molecule has 0 atom stereocenters. The van der Waals surface area contributed by atoms with Crippen LogP contribution in [0.25, 0.3) is 0 Å².